The molecule has 0 heterocycles. The Balaban J connectivity index is 2.02. The van der Waals surface area contributed by atoms with Crippen LogP contribution in [0.15, 0.2) is 30.9 Å². The summed E-state index contributed by atoms with van der Waals surface area (Å²) in [6, 6.07) is 3.61. The molecule has 0 saturated heterocycles. The lowest BCUT2D eigenvalue weighted by molar-refractivity contribution is 0.291. The smallest absolute Gasteiger partial charge is 0.184 e. The minimum absolute atomic E-state index is 0.193. The van der Waals surface area contributed by atoms with Gasteiger partial charge in [-0.25, -0.2) is 4.39 Å². The molecule has 1 aromatic rings. The van der Waals surface area contributed by atoms with Gasteiger partial charge in [-0.3, -0.25) is 0 Å². The van der Waals surface area contributed by atoms with E-state index in [0.717, 1.165) is 56.1 Å². The zero-order valence-corrected chi connectivity index (χ0v) is 15.4. The monoisotopic (exact) mass is 350 g/mol. The lowest BCUT2D eigenvalue weighted by Crippen LogP contribution is -2.06. The lowest BCUT2D eigenvalue weighted by Gasteiger charge is -2.22. The largest absolute Gasteiger partial charge is 0.490 e. The summed E-state index contributed by atoms with van der Waals surface area (Å²) < 4.78 is 20.0. The van der Waals surface area contributed by atoms with Crippen molar-refractivity contribution < 1.29 is 9.13 Å². The van der Waals surface area contributed by atoms with Gasteiger partial charge < -0.3 is 4.74 Å². The number of benzene rings is 1. The fourth-order valence-corrected chi connectivity index (χ4v) is 3.45. The van der Waals surface area contributed by atoms with Crippen LogP contribution in [0, 0.1) is 11.7 Å². The minimum atomic E-state index is -0.430. The number of hydrogen-bond donors (Lipinski definition) is 0. The average molecular weight is 351 g/mol. The van der Waals surface area contributed by atoms with E-state index in [2.05, 4.69) is 19.6 Å². The molecule has 0 spiro atoms. The van der Waals surface area contributed by atoms with Gasteiger partial charge in [0.1, 0.15) is 0 Å². The molecular weight excluding hydrogens is 323 g/mol. The maximum Gasteiger partial charge on any atom is 0.184 e. The predicted octanol–water partition coefficient (Wildman–Crippen LogP) is 7.20. The molecule has 0 aromatic heterocycles. The predicted molar refractivity (Wildman–Crippen MR) is 101 cm³/mol. The molecule has 0 fully saturated rings. The van der Waals surface area contributed by atoms with Gasteiger partial charge in [0.05, 0.1) is 11.6 Å². The number of allylic oxidation sites excluding steroid dienone is 3. The fraction of sp³-hybridized carbons (Fsp3) is 0.524. The van der Waals surface area contributed by atoms with Gasteiger partial charge in [-0.2, -0.15) is 0 Å². The highest BCUT2D eigenvalue weighted by molar-refractivity contribution is 6.32. The summed E-state index contributed by atoms with van der Waals surface area (Å²) in [6.45, 7) is 6.45. The molecule has 1 atom stereocenters. The summed E-state index contributed by atoms with van der Waals surface area (Å²) in [5.74, 6) is 0.539. The van der Waals surface area contributed by atoms with Gasteiger partial charge in [-0.05, 0) is 67.7 Å². The molecule has 1 aliphatic carbocycles. The number of ether oxygens (including phenoxy) is 1. The van der Waals surface area contributed by atoms with Crippen LogP contribution < -0.4 is 4.74 Å². The molecule has 1 aliphatic rings. The second-order valence-corrected chi connectivity index (χ2v) is 6.91. The van der Waals surface area contributed by atoms with Crippen LogP contribution in [-0.2, 0) is 0 Å². The van der Waals surface area contributed by atoms with Gasteiger partial charge in [0.25, 0.3) is 0 Å². The average Bonchev–Trinajstić information content (AvgIpc) is 2.61. The molecular formula is C21H28ClFO. The summed E-state index contributed by atoms with van der Waals surface area (Å²) in [5, 5.41) is 0.193. The van der Waals surface area contributed by atoms with Gasteiger partial charge >= 0.3 is 0 Å². The first-order valence-electron chi connectivity index (χ1n) is 9.08. The van der Waals surface area contributed by atoms with Crippen molar-refractivity contribution in [1.29, 1.82) is 0 Å². The zero-order chi connectivity index (χ0) is 17.4. The maximum absolute atomic E-state index is 14.5. The SMILES string of the molecule is C=CCCC1CC=C(c2ccc(OCCCCC)c(F)c2Cl)CC1. The number of halogens is 2. The number of rotatable bonds is 9. The van der Waals surface area contributed by atoms with Crippen molar-refractivity contribution in [2.75, 3.05) is 6.61 Å². The quantitative estimate of drug-likeness (QED) is 0.338. The van der Waals surface area contributed by atoms with E-state index in [1.807, 2.05) is 12.1 Å². The van der Waals surface area contributed by atoms with E-state index in [1.165, 1.54) is 6.42 Å². The molecule has 2 rings (SSSR count). The molecule has 1 aromatic carbocycles. The highest BCUT2D eigenvalue weighted by atomic mass is 35.5. The molecule has 0 radical (unpaired) electrons. The van der Waals surface area contributed by atoms with Gasteiger partial charge in [-0.15, -0.1) is 6.58 Å². The molecule has 132 valence electrons. The summed E-state index contributed by atoms with van der Waals surface area (Å²) in [4.78, 5) is 0. The fourth-order valence-electron chi connectivity index (χ4n) is 3.17. The Morgan fingerprint density at radius 3 is 2.88 bits per heavy atom. The van der Waals surface area contributed by atoms with Crippen LogP contribution in [-0.4, -0.2) is 6.61 Å². The Labute approximate surface area is 150 Å². The van der Waals surface area contributed by atoms with E-state index >= 15 is 0 Å². The Morgan fingerprint density at radius 2 is 2.21 bits per heavy atom. The number of unbranched alkanes of at least 4 members (excludes halogenated alkanes) is 2. The molecule has 0 N–H and O–H groups in total. The topological polar surface area (TPSA) is 9.23 Å². The summed E-state index contributed by atoms with van der Waals surface area (Å²) in [7, 11) is 0. The van der Waals surface area contributed by atoms with Crippen molar-refractivity contribution in [2.45, 2.75) is 58.3 Å². The van der Waals surface area contributed by atoms with Gasteiger partial charge in [-0.1, -0.05) is 43.5 Å². The first kappa shape index (κ1) is 19.1. The van der Waals surface area contributed by atoms with Crippen molar-refractivity contribution in [3.8, 4) is 5.75 Å². The second-order valence-electron chi connectivity index (χ2n) is 6.53. The third-order valence-corrected chi connectivity index (χ3v) is 5.07. The van der Waals surface area contributed by atoms with Crippen molar-refractivity contribution >= 4 is 17.2 Å². The highest BCUT2D eigenvalue weighted by Gasteiger charge is 2.19. The molecule has 3 heteroatoms. The minimum Gasteiger partial charge on any atom is -0.490 e. The standard InChI is InChI=1S/C21H28ClFO/c1-3-5-7-15-24-19-14-13-18(20(22)21(19)23)17-11-9-16(10-12-17)8-6-4-2/h4,11,13-14,16H,2-3,5-10,12,15H2,1H3. The zero-order valence-electron chi connectivity index (χ0n) is 14.6. The molecule has 0 bridgehead atoms. The van der Waals surface area contributed by atoms with Crippen LogP contribution in [0.2, 0.25) is 5.02 Å². The molecule has 0 amide bonds. The van der Waals surface area contributed by atoms with Crippen molar-refractivity contribution in [3.63, 3.8) is 0 Å². The van der Waals surface area contributed by atoms with E-state index < -0.39 is 5.82 Å². The third-order valence-electron chi connectivity index (χ3n) is 4.70. The molecule has 0 saturated carbocycles. The van der Waals surface area contributed by atoms with E-state index in [9.17, 15) is 4.39 Å². The maximum atomic E-state index is 14.5. The summed E-state index contributed by atoms with van der Waals surface area (Å²) in [6.07, 6.45) is 12.7. The van der Waals surface area contributed by atoms with Crippen LogP contribution in [0.5, 0.6) is 5.75 Å². The van der Waals surface area contributed by atoms with E-state index in [0.29, 0.717) is 12.5 Å². The van der Waals surface area contributed by atoms with Crippen molar-refractivity contribution in [3.05, 3.63) is 47.3 Å². The highest BCUT2D eigenvalue weighted by Crippen LogP contribution is 2.38. The number of hydrogen-bond acceptors (Lipinski definition) is 1. The second kappa shape index (κ2) is 9.88. The lowest BCUT2D eigenvalue weighted by atomic mass is 9.84. The van der Waals surface area contributed by atoms with Gasteiger partial charge in [0.2, 0.25) is 0 Å². The Kier molecular flexibility index (Phi) is 7.84. The van der Waals surface area contributed by atoms with E-state index in [1.54, 1.807) is 6.07 Å². The van der Waals surface area contributed by atoms with Crippen LogP contribution in [0.3, 0.4) is 0 Å². The van der Waals surface area contributed by atoms with E-state index in [4.69, 9.17) is 16.3 Å². The Bertz CT molecular complexity index is 579. The first-order chi connectivity index (χ1) is 11.7. The molecule has 0 aliphatic heterocycles. The third kappa shape index (κ3) is 5.11. The Hall–Kier alpha value is -1.28. The van der Waals surface area contributed by atoms with Gasteiger partial charge in [0.15, 0.2) is 11.6 Å². The van der Waals surface area contributed by atoms with Crippen LogP contribution in [0.4, 0.5) is 4.39 Å². The molecule has 1 unspecified atom stereocenters. The Morgan fingerprint density at radius 1 is 1.38 bits per heavy atom. The molecule has 1 nitrogen and oxygen atoms in total. The summed E-state index contributed by atoms with van der Waals surface area (Å²) >= 11 is 6.28. The van der Waals surface area contributed by atoms with Crippen LogP contribution in [0.1, 0.15) is 63.9 Å². The van der Waals surface area contributed by atoms with Gasteiger partial charge in [0, 0.05) is 0 Å². The first-order valence-corrected chi connectivity index (χ1v) is 9.46. The van der Waals surface area contributed by atoms with Crippen LogP contribution in [0.25, 0.3) is 5.57 Å². The van der Waals surface area contributed by atoms with Crippen LogP contribution >= 0.6 is 11.6 Å². The summed E-state index contributed by atoms with van der Waals surface area (Å²) in [5.41, 5.74) is 1.98. The van der Waals surface area contributed by atoms with Crippen molar-refractivity contribution in [2.24, 2.45) is 5.92 Å². The molecule has 24 heavy (non-hydrogen) atoms. The van der Waals surface area contributed by atoms with Crippen molar-refractivity contribution in [1.82, 2.24) is 0 Å². The normalized spacial score (nSPS) is 17.5. The van der Waals surface area contributed by atoms with E-state index in [-0.39, 0.29) is 10.8 Å².